The van der Waals surface area contributed by atoms with Gasteiger partial charge in [0, 0.05) is 6.54 Å². The van der Waals surface area contributed by atoms with E-state index in [4.69, 9.17) is 0 Å². The molecule has 0 saturated carbocycles. The standard InChI is InChI=1S/C16H30N2O2/c1-7-8-9-10-15(3,4)11-18-12(2)13(19)17-16(5,6)14(18)20/h12H,7-11H2,1-6H3,(H,17,19). The summed E-state index contributed by atoms with van der Waals surface area (Å²) in [6, 6.07) is -0.374. The van der Waals surface area contributed by atoms with E-state index in [0.717, 1.165) is 6.42 Å². The summed E-state index contributed by atoms with van der Waals surface area (Å²) in [6.45, 7) is 12.6. The Hall–Kier alpha value is -1.06. The second kappa shape index (κ2) is 6.15. The number of nitrogens with zero attached hydrogens (tertiary/aromatic N) is 1. The Morgan fingerprint density at radius 2 is 1.85 bits per heavy atom. The largest absolute Gasteiger partial charge is 0.340 e. The van der Waals surface area contributed by atoms with E-state index in [1.165, 1.54) is 19.3 Å². The molecular weight excluding hydrogens is 252 g/mol. The number of hydrogen-bond donors (Lipinski definition) is 1. The van der Waals surface area contributed by atoms with Gasteiger partial charge in [-0.15, -0.1) is 0 Å². The van der Waals surface area contributed by atoms with E-state index in [1.807, 2.05) is 6.92 Å². The number of nitrogens with one attached hydrogen (secondary N) is 1. The lowest BCUT2D eigenvalue weighted by Gasteiger charge is -2.44. The van der Waals surface area contributed by atoms with Crippen molar-refractivity contribution in [2.45, 2.75) is 78.8 Å². The molecule has 1 fully saturated rings. The summed E-state index contributed by atoms with van der Waals surface area (Å²) in [5.74, 6) is -0.0351. The fourth-order valence-corrected chi connectivity index (χ4v) is 2.74. The maximum Gasteiger partial charge on any atom is 0.248 e. The average molecular weight is 282 g/mol. The van der Waals surface area contributed by atoms with Crippen LogP contribution >= 0.6 is 0 Å². The van der Waals surface area contributed by atoms with Crippen molar-refractivity contribution in [1.29, 1.82) is 0 Å². The molecule has 1 atom stereocenters. The zero-order valence-electron chi connectivity index (χ0n) is 13.9. The van der Waals surface area contributed by atoms with Gasteiger partial charge in [0.1, 0.15) is 11.6 Å². The first-order valence-electron chi connectivity index (χ1n) is 7.74. The molecule has 0 radical (unpaired) electrons. The summed E-state index contributed by atoms with van der Waals surface area (Å²) < 4.78 is 0. The van der Waals surface area contributed by atoms with E-state index >= 15 is 0 Å². The van der Waals surface area contributed by atoms with Crippen molar-refractivity contribution in [2.24, 2.45) is 5.41 Å². The van der Waals surface area contributed by atoms with Gasteiger partial charge >= 0.3 is 0 Å². The van der Waals surface area contributed by atoms with Gasteiger partial charge in [-0.3, -0.25) is 9.59 Å². The van der Waals surface area contributed by atoms with Gasteiger partial charge in [-0.05, 0) is 32.6 Å². The first kappa shape index (κ1) is 17.0. The third-order valence-corrected chi connectivity index (χ3v) is 4.13. The van der Waals surface area contributed by atoms with Crippen molar-refractivity contribution >= 4 is 11.8 Å². The van der Waals surface area contributed by atoms with Gasteiger partial charge in [-0.1, -0.05) is 40.0 Å². The van der Waals surface area contributed by atoms with Crippen LogP contribution in [0.15, 0.2) is 0 Å². The predicted molar refractivity (Wildman–Crippen MR) is 81.3 cm³/mol. The molecule has 0 aliphatic carbocycles. The van der Waals surface area contributed by atoms with E-state index in [-0.39, 0.29) is 23.3 Å². The highest BCUT2D eigenvalue weighted by Crippen LogP contribution is 2.28. The molecule has 4 nitrogen and oxygen atoms in total. The first-order chi connectivity index (χ1) is 9.10. The molecule has 20 heavy (non-hydrogen) atoms. The Bertz CT molecular complexity index is 375. The minimum absolute atomic E-state index is 0.0215. The van der Waals surface area contributed by atoms with Gasteiger partial charge < -0.3 is 10.2 Å². The van der Waals surface area contributed by atoms with E-state index < -0.39 is 5.54 Å². The zero-order valence-corrected chi connectivity index (χ0v) is 13.9. The second-order valence-corrected chi connectivity index (χ2v) is 7.34. The topological polar surface area (TPSA) is 49.4 Å². The monoisotopic (exact) mass is 282 g/mol. The molecule has 0 aromatic heterocycles. The molecule has 0 aromatic carbocycles. The summed E-state index contributed by atoms with van der Waals surface area (Å²) in [4.78, 5) is 26.3. The van der Waals surface area contributed by atoms with Crippen LogP contribution in [0.2, 0.25) is 0 Å². The van der Waals surface area contributed by atoms with Crippen molar-refractivity contribution in [2.75, 3.05) is 6.54 Å². The fraction of sp³-hybridized carbons (Fsp3) is 0.875. The van der Waals surface area contributed by atoms with Crippen LogP contribution in [0.5, 0.6) is 0 Å². The quantitative estimate of drug-likeness (QED) is 0.762. The SMILES string of the molecule is CCCCCC(C)(C)CN1C(=O)C(C)(C)NC(=O)C1C. The molecule has 2 amide bonds. The van der Waals surface area contributed by atoms with Gasteiger partial charge in [0.25, 0.3) is 0 Å². The summed E-state index contributed by atoms with van der Waals surface area (Å²) in [7, 11) is 0. The van der Waals surface area contributed by atoms with Crippen LogP contribution in [0.25, 0.3) is 0 Å². The number of unbranched alkanes of at least 4 members (excludes halogenated alkanes) is 2. The number of piperazine rings is 1. The number of carbonyl (C=O) groups excluding carboxylic acids is 2. The second-order valence-electron chi connectivity index (χ2n) is 7.34. The molecule has 1 unspecified atom stereocenters. The molecule has 1 rings (SSSR count). The van der Waals surface area contributed by atoms with Crippen LogP contribution in [0.3, 0.4) is 0 Å². The molecule has 0 bridgehead atoms. The highest BCUT2D eigenvalue weighted by molar-refractivity contribution is 5.99. The molecule has 4 heteroatoms. The maximum atomic E-state index is 12.5. The van der Waals surface area contributed by atoms with Crippen LogP contribution in [0.4, 0.5) is 0 Å². The molecular formula is C16H30N2O2. The minimum atomic E-state index is -0.789. The molecule has 116 valence electrons. The zero-order chi connectivity index (χ0) is 15.6. The predicted octanol–water partition coefficient (Wildman–Crippen LogP) is 2.72. The average Bonchev–Trinajstić information content (AvgIpc) is 2.32. The number of rotatable bonds is 6. The van der Waals surface area contributed by atoms with E-state index in [9.17, 15) is 9.59 Å². The van der Waals surface area contributed by atoms with Crippen LogP contribution in [0, 0.1) is 5.41 Å². The molecule has 1 N–H and O–H groups in total. The fourth-order valence-electron chi connectivity index (χ4n) is 2.74. The molecule has 1 heterocycles. The number of carbonyl (C=O) groups is 2. The Kier molecular flexibility index (Phi) is 5.22. The number of hydrogen-bond acceptors (Lipinski definition) is 2. The van der Waals surface area contributed by atoms with Crippen molar-refractivity contribution in [3.05, 3.63) is 0 Å². The van der Waals surface area contributed by atoms with Gasteiger partial charge in [0.2, 0.25) is 11.8 Å². The highest BCUT2D eigenvalue weighted by Gasteiger charge is 2.44. The minimum Gasteiger partial charge on any atom is -0.340 e. The van der Waals surface area contributed by atoms with Gasteiger partial charge in [-0.25, -0.2) is 0 Å². The van der Waals surface area contributed by atoms with Crippen LogP contribution in [-0.4, -0.2) is 34.8 Å². The third-order valence-electron chi connectivity index (χ3n) is 4.13. The normalized spacial score (nSPS) is 22.9. The van der Waals surface area contributed by atoms with Crippen molar-refractivity contribution < 1.29 is 9.59 Å². The number of amides is 2. The Labute approximate surface area is 123 Å². The van der Waals surface area contributed by atoms with Gasteiger partial charge in [0.15, 0.2) is 0 Å². The smallest absolute Gasteiger partial charge is 0.248 e. The summed E-state index contributed by atoms with van der Waals surface area (Å²) in [6.07, 6.45) is 4.68. The van der Waals surface area contributed by atoms with Gasteiger partial charge in [0.05, 0.1) is 0 Å². The van der Waals surface area contributed by atoms with Crippen molar-refractivity contribution in [3.63, 3.8) is 0 Å². The Morgan fingerprint density at radius 3 is 2.40 bits per heavy atom. The first-order valence-corrected chi connectivity index (χ1v) is 7.74. The summed E-state index contributed by atoms with van der Waals surface area (Å²) >= 11 is 0. The summed E-state index contributed by atoms with van der Waals surface area (Å²) in [5, 5.41) is 2.79. The third kappa shape index (κ3) is 3.97. The van der Waals surface area contributed by atoms with E-state index in [0.29, 0.717) is 6.54 Å². The van der Waals surface area contributed by atoms with Crippen molar-refractivity contribution in [1.82, 2.24) is 10.2 Å². The lowest BCUT2D eigenvalue weighted by atomic mass is 9.84. The lowest BCUT2D eigenvalue weighted by Crippen LogP contribution is -2.68. The van der Waals surface area contributed by atoms with Crippen LogP contribution < -0.4 is 5.32 Å². The van der Waals surface area contributed by atoms with E-state index in [1.54, 1.807) is 18.7 Å². The van der Waals surface area contributed by atoms with Gasteiger partial charge in [-0.2, -0.15) is 0 Å². The molecule has 1 saturated heterocycles. The molecule has 0 aromatic rings. The van der Waals surface area contributed by atoms with Crippen molar-refractivity contribution in [3.8, 4) is 0 Å². The lowest BCUT2D eigenvalue weighted by molar-refractivity contribution is -0.154. The van der Waals surface area contributed by atoms with Crippen LogP contribution in [-0.2, 0) is 9.59 Å². The Morgan fingerprint density at radius 1 is 1.25 bits per heavy atom. The van der Waals surface area contributed by atoms with Crippen LogP contribution in [0.1, 0.15) is 67.2 Å². The Balaban J connectivity index is 2.77. The molecule has 1 aliphatic heterocycles. The highest BCUT2D eigenvalue weighted by atomic mass is 16.2. The summed E-state index contributed by atoms with van der Waals surface area (Å²) in [5.41, 5.74) is -0.740. The molecule has 1 aliphatic rings. The maximum absolute atomic E-state index is 12.5. The molecule has 0 spiro atoms. The van der Waals surface area contributed by atoms with E-state index in [2.05, 4.69) is 26.1 Å².